The standard InChI is InChI=1S/C15H16ClFN2O2/c16-11-3-6-18-14-10(11)1-2-12(13(14)17)19-9-15(20)4-7-21-8-5-15/h1-3,6,19-20H,4-5,7-9H2. The molecule has 1 fully saturated rings. The summed E-state index contributed by atoms with van der Waals surface area (Å²) in [5.41, 5.74) is -0.315. The Morgan fingerprint density at radius 2 is 2.10 bits per heavy atom. The number of halogens is 2. The highest BCUT2D eigenvalue weighted by Crippen LogP contribution is 2.29. The van der Waals surface area contributed by atoms with Crippen molar-refractivity contribution in [2.24, 2.45) is 0 Å². The highest BCUT2D eigenvalue weighted by molar-refractivity contribution is 6.35. The smallest absolute Gasteiger partial charge is 0.172 e. The molecule has 1 aliphatic heterocycles. The van der Waals surface area contributed by atoms with E-state index in [0.29, 0.717) is 42.2 Å². The lowest BCUT2D eigenvalue weighted by atomic mass is 9.94. The van der Waals surface area contributed by atoms with Gasteiger partial charge in [-0.25, -0.2) is 4.39 Å². The summed E-state index contributed by atoms with van der Waals surface area (Å²) in [4.78, 5) is 4.03. The number of pyridine rings is 1. The molecule has 2 aromatic rings. The van der Waals surface area contributed by atoms with Gasteiger partial charge in [0.15, 0.2) is 5.82 Å². The molecule has 0 aliphatic carbocycles. The zero-order valence-corrected chi connectivity index (χ0v) is 12.2. The van der Waals surface area contributed by atoms with E-state index in [4.69, 9.17) is 16.3 Å². The van der Waals surface area contributed by atoms with Gasteiger partial charge in [-0.05, 0) is 18.2 Å². The summed E-state index contributed by atoms with van der Waals surface area (Å²) in [7, 11) is 0. The predicted octanol–water partition coefficient (Wildman–Crippen LogP) is 2.98. The molecule has 1 aromatic carbocycles. The Balaban J connectivity index is 1.83. The van der Waals surface area contributed by atoms with Gasteiger partial charge in [0.25, 0.3) is 0 Å². The number of aliphatic hydroxyl groups is 1. The summed E-state index contributed by atoms with van der Waals surface area (Å²) in [6, 6.07) is 4.97. The number of rotatable bonds is 3. The minimum Gasteiger partial charge on any atom is -0.388 e. The molecule has 0 bridgehead atoms. The maximum absolute atomic E-state index is 14.4. The Labute approximate surface area is 126 Å². The number of benzene rings is 1. The van der Waals surface area contributed by atoms with Crippen LogP contribution in [0.15, 0.2) is 24.4 Å². The van der Waals surface area contributed by atoms with Crippen molar-refractivity contribution in [2.45, 2.75) is 18.4 Å². The number of hydrogen-bond donors (Lipinski definition) is 2. The quantitative estimate of drug-likeness (QED) is 0.915. The maximum Gasteiger partial charge on any atom is 0.172 e. The Bertz CT molecular complexity index is 659. The van der Waals surface area contributed by atoms with Gasteiger partial charge in [-0.2, -0.15) is 0 Å². The Morgan fingerprint density at radius 3 is 2.86 bits per heavy atom. The SMILES string of the molecule is OC1(CNc2ccc3c(Cl)ccnc3c2F)CCOCC1. The Kier molecular flexibility index (Phi) is 3.97. The second kappa shape index (κ2) is 5.75. The first-order valence-electron chi connectivity index (χ1n) is 6.86. The summed E-state index contributed by atoms with van der Waals surface area (Å²) in [6.45, 7) is 1.32. The molecule has 1 aromatic heterocycles. The molecule has 112 valence electrons. The van der Waals surface area contributed by atoms with Gasteiger partial charge < -0.3 is 15.2 Å². The van der Waals surface area contributed by atoms with E-state index >= 15 is 0 Å². The summed E-state index contributed by atoms with van der Waals surface area (Å²) < 4.78 is 19.7. The van der Waals surface area contributed by atoms with Crippen LogP contribution in [0, 0.1) is 5.82 Å². The molecule has 2 N–H and O–H groups in total. The van der Waals surface area contributed by atoms with Gasteiger partial charge in [0.2, 0.25) is 0 Å². The van der Waals surface area contributed by atoms with E-state index in [1.807, 2.05) is 0 Å². The molecule has 2 heterocycles. The molecule has 6 heteroatoms. The molecular weight excluding hydrogens is 295 g/mol. The lowest BCUT2D eigenvalue weighted by molar-refractivity contribution is -0.0543. The Hall–Kier alpha value is -1.43. The van der Waals surface area contributed by atoms with Crippen LogP contribution in [0.3, 0.4) is 0 Å². The molecule has 0 unspecified atom stereocenters. The Morgan fingerprint density at radius 1 is 1.33 bits per heavy atom. The summed E-state index contributed by atoms with van der Waals surface area (Å²) in [5.74, 6) is -0.453. The summed E-state index contributed by atoms with van der Waals surface area (Å²) >= 11 is 6.02. The molecule has 0 saturated carbocycles. The molecule has 0 spiro atoms. The predicted molar refractivity (Wildman–Crippen MR) is 80.2 cm³/mol. The topological polar surface area (TPSA) is 54.4 Å². The zero-order chi connectivity index (χ0) is 14.9. The molecule has 1 aliphatic rings. The van der Waals surface area contributed by atoms with Crippen molar-refractivity contribution in [1.82, 2.24) is 4.98 Å². The fourth-order valence-electron chi connectivity index (χ4n) is 2.47. The van der Waals surface area contributed by atoms with E-state index < -0.39 is 11.4 Å². The second-order valence-electron chi connectivity index (χ2n) is 5.31. The highest BCUT2D eigenvalue weighted by atomic mass is 35.5. The molecule has 0 radical (unpaired) electrons. The van der Waals surface area contributed by atoms with Crippen molar-refractivity contribution in [3.8, 4) is 0 Å². The van der Waals surface area contributed by atoms with Crippen molar-refractivity contribution in [1.29, 1.82) is 0 Å². The van der Waals surface area contributed by atoms with E-state index in [1.54, 1.807) is 18.2 Å². The number of aromatic nitrogens is 1. The first kappa shape index (κ1) is 14.5. The lowest BCUT2D eigenvalue weighted by Crippen LogP contribution is -2.42. The number of nitrogens with zero attached hydrogens (tertiary/aromatic N) is 1. The first-order chi connectivity index (χ1) is 10.1. The van der Waals surface area contributed by atoms with Crippen LogP contribution in [0.2, 0.25) is 5.02 Å². The molecule has 0 amide bonds. The van der Waals surface area contributed by atoms with Gasteiger partial charge in [0.05, 0.1) is 16.3 Å². The minimum atomic E-state index is -0.860. The molecule has 1 saturated heterocycles. The fraction of sp³-hybridized carbons (Fsp3) is 0.400. The van der Waals surface area contributed by atoms with Crippen LogP contribution in [0.5, 0.6) is 0 Å². The first-order valence-corrected chi connectivity index (χ1v) is 7.24. The maximum atomic E-state index is 14.4. The fourth-order valence-corrected chi connectivity index (χ4v) is 2.68. The molecule has 21 heavy (non-hydrogen) atoms. The van der Waals surface area contributed by atoms with Crippen LogP contribution in [-0.2, 0) is 4.74 Å². The summed E-state index contributed by atoms with van der Waals surface area (Å²) in [5, 5.41) is 14.4. The van der Waals surface area contributed by atoms with Crippen molar-refractivity contribution in [2.75, 3.05) is 25.1 Å². The third-order valence-corrected chi connectivity index (χ3v) is 4.16. The number of hydrogen-bond acceptors (Lipinski definition) is 4. The summed E-state index contributed by atoms with van der Waals surface area (Å²) in [6.07, 6.45) is 2.56. The molecule has 3 rings (SSSR count). The van der Waals surface area contributed by atoms with Crippen molar-refractivity contribution < 1.29 is 14.2 Å². The van der Waals surface area contributed by atoms with Crippen LogP contribution in [0.25, 0.3) is 10.9 Å². The largest absolute Gasteiger partial charge is 0.388 e. The van der Waals surface area contributed by atoms with Crippen molar-refractivity contribution >= 4 is 28.2 Å². The van der Waals surface area contributed by atoms with Gasteiger partial charge >= 0.3 is 0 Å². The molecule has 0 atom stereocenters. The third kappa shape index (κ3) is 2.95. The number of nitrogens with one attached hydrogen (secondary N) is 1. The van der Waals surface area contributed by atoms with E-state index in [-0.39, 0.29) is 12.1 Å². The number of fused-ring (bicyclic) bond motifs is 1. The number of ether oxygens (including phenoxy) is 1. The minimum absolute atomic E-state index is 0.228. The van der Waals surface area contributed by atoms with Crippen molar-refractivity contribution in [3.63, 3.8) is 0 Å². The van der Waals surface area contributed by atoms with Crippen LogP contribution in [0.4, 0.5) is 10.1 Å². The lowest BCUT2D eigenvalue weighted by Gasteiger charge is -2.32. The van der Waals surface area contributed by atoms with Gasteiger partial charge in [-0.3, -0.25) is 4.98 Å². The van der Waals surface area contributed by atoms with E-state index in [0.717, 1.165) is 0 Å². The van der Waals surface area contributed by atoms with Gasteiger partial charge in [-0.1, -0.05) is 11.6 Å². The van der Waals surface area contributed by atoms with Crippen LogP contribution >= 0.6 is 11.6 Å². The molecular formula is C15H16ClFN2O2. The van der Waals surface area contributed by atoms with Crippen LogP contribution in [0.1, 0.15) is 12.8 Å². The normalized spacial score (nSPS) is 17.9. The van der Waals surface area contributed by atoms with Crippen molar-refractivity contribution in [3.05, 3.63) is 35.2 Å². The highest BCUT2D eigenvalue weighted by Gasteiger charge is 2.29. The van der Waals surface area contributed by atoms with Crippen LogP contribution < -0.4 is 5.32 Å². The average Bonchev–Trinajstić information content (AvgIpc) is 2.48. The number of anilines is 1. The average molecular weight is 311 g/mol. The van der Waals surface area contributed by atoms with E-state index in [2.05, 4.69) is 10.3 Å². The monoisotopic (exact) mass is 310 g/mol. The third-order valence-electron chi connectivity index (χ3n) is 3.83. The molecule has 4 nitrogen and oxygen atoms in total. The van der Waals surface area contributed by atoms with Gasteiger partial charge in [0.1, 0.15) is 5.52 Å². The van der Waals surface area contributed by atoms with E-state index in [9.17, 15) is 9.50 Å². The zero-order valence-electron chi connectivity index (χ0n) is 11.4. The van der Waals surface area contributed by atoms with E-state index in [1.165, 1.54) is 6.20 Å². The van der Waals surface area contributed by atoms with Crippen LogP contribution in [-0.4, -0.2) is 35.5 Å². The second-order valence-corrected chi connectivity index (χ2v) is 5.71. The van der Waals surface area contributed by atoms with Gasteiger partial charge in [-0.15, -0.1) is 0 Å². The van der Waals surface area contributed by atoms with Gasteiger partial charge in [0, 0.05) is 44.2 Å².